The zero-order chi connectivity index (χ0) is 18.4. The van der Waals surface area contributed by atoms with Gasteiger partial charge in [0.2, 0.25) is 11.8 Å². The number of hydrogen-bond donors (Lipinski definition) is 3. The topological polar surface area (TPSA) is 140 Å². The van der Waals surface area contributed by atoms with Crippen LogP contribution in [0.2, 0.25) is 0 Å². The summed E-state index contributed by atoms with van der Waals surface area (Å²) in [5.74, 6) is -1.18. The number of ether oxygens (including phenoxy) is 1. The smallest absolute Gasteiger partial charge is 0.270 e. The van der Waals surface area contributed by atoms with Gasteiger partial charge in [-0.25, -0.2) is 0 Å². The van der Waals surface area contributed by atoms with Gasteiger partial charge in [0.15, 0.2) is 0 Å². The number of benzene rings is 1. The van der Waals surface area contributed by atoms with Crippen LogP contribution in [0.15, 0.2) is 18.2 Å². The quantitative estimate of drug-likeness (QED) is 0.470. The number of non-ortho nitro benzene ring substituents is 1. The standard InChI is InChI=1S/C15H18N4O6/c1-9-14(21)17-6-7-25-12-3-2-10(19(23)24)8-11(12)15(22)16-5-4-13(20)18-9/h2-3,8-9H,4-7H2,1H3,(H,16,22)(H,17,21)(H,18,20)/t9-/m0/s1. The third kappa shape index (κ3) is 4.90. The van der Waals surface area contributed by atoms with Crippen molar-refractivity contribution in [3.63, 3.8) is 0 Å². The first-order chi connectivity index (χ1) is 11.9. The molecule has 3 N–H and O–H groups in total. The molecule has 3 amide bonds. The first kappa shape index (κ1) is 18.2. The summed E-state index contributed by atoms with van der Waals surface area (Å²) in [6.45, 7) is 1.77. The molecule has 1 aliphatic rings. The lowest BCUT2D eigenvalue weighted by Gasteiger charge is -2.16. The molecule has 10 nitrogen and oxygen atoms in total. The summed E-state index contributed by atoms with van der Waals surface area (Å²) >= 11 is 0. The van der Waals surface area contributed by atoms with E-state index in [1.807, 2.05) is 0 Å². The van der Waals surface area contributed by atoms with E-state index >= 15 is 0 Å². The van der Waals surface area contributed by atoms with Crippen molar-refractivity contribution in [3.05, 3.63) is 33.9 Å². The molecular weight excluding hydrogens is 332 g/mol. The molecule has 0 aliphatic carbocycles. The number of amides is 3. The minimum Gasteiger partial charge on any atom is -0.491 e. The van der Waals surface area contributed by atoms with Crippen LogP contribution in [0.1, 0.15) is 23.7 Å². The molecule has 0 radical (unpaired) electrons. The number of carbonyl (C=O) groups excluding carboxylic acids is 3. The van der Waals surface area contributed by atoms with Gasteiger partial charge >= 0.3 is 0 Å². The number of nitrogens with zero attached hydrogens (tertiary/aromatic N) is 1. The second-order valence-corrected chi connectivity index (χ2v) is 5.37. The van der Waals surface area contributed by atoms with E-state index in [2.05, 4.69) is 16.0 Å². The molecule has 1 aromatic rings. The molecule has 2 rings (SSSR count). The average molecular weight is 350 g/mol. The molecule has 0 fully saturated rings. The Kier molecular flexibility index (Phi) is 5.88. The first-order valence-corrected chi connectivity index (χ1v) is 7.65. The lowest BCUT2D eigenvalue weighted by Crippen LogP contribution is -2.46. The number of hydrogen-bond acceptors (Lipinski definition) is 6. The Morgan fingerprint density at radius 2 is 1.96 bits per heavy atom. The van der Waals surface area contributed by atoms with Gasteiger partial charge in [-0.15, -0.1) is 0 Å². The molecule has 134 valence electrons. The Balaban J connectivity index is 2.23. The summed E-state index contributed by atoms with van der Waals surface area (Å²) in [5.41, 5.74) is -0.259. The summed E-state index contributed by atoms with van der Waals surface area (Å²) in [7, 11) is 0. The van der Waals surface area contributed by atoms with Gasteiger partial charge in [0.25, 0.3) is 11.6 Å². The molecule has 0 aromatic heterocycles. The van der Waals surface area contributed by atoms with Gasteiger partial charge in [-0.3, -0.25) is 24.5 Å². The Morgan fingerprint density at radius 1 is 1.20 bits per heavy atom. The summed E-state index contributed by atoms with van der Waals surface area (Å²) in [4.78, 5) is 46.1. The highest BCUT2D eigenvalue weighted by Gasteiger charge is 2.20. The van der Waals surface area contributed by atoms with Gasteiger partial charge in [-0.1, -0.05) is 0 Å². The first-order valence-electron chi connectivity index (χ1n) is 7.65. The molecule has 0 saturated carbocycles. The maximum atomic E-state index is 12.3. The van der Waals surface area contributed by atoms with Crippen LogP contribution < -0.4 is 20.7 Å². The van der Waals surface area contributed by atoms with Crippen LogP contribution in [0.25, 0.3) is 0 Å². The third-order valence-corrected chi connectivity index (χ3v) is 3.49. The fourth-order valence-corrected chi connectivity index (χ4v) is 2.19. The minimum absolute atomic E-state index is 0.00800. The van der Waals surface area contributed by atoms with Crippen molar-refractivity contribution in [1.82, 2.24) is 16.0 Å². The highest BCUT2D eigenvalue weighted by atomic mass is 16.6. The van der Waals surface area contributed by atoms with E-state index in [-0.39, 0.29) is 49.0 Å². The van der Waals surface area contributed by atoms with Gasteiger partial charge in [0, 0.05) is 25.1 Å². The van der Waals surface area contributed by atoms with Crippen molar-refractivity contribution in [2.75, 3.05) is 19.7 Å². The van der Waals surface area contributed by atoms with Crippen LogP contribution in [-0.4, -0.2) is 48.4 Å². The predicted octanol–water partition coefficient (Wildman–Crippen LogP) is -0.272. The largest absolute Gasteiger partial charge is 0.491 e. The Hall–Kier alpha value is -3.17. The number of nitrogens with one attached hydrogen (secondary N) is 3. The molecule has 1 aliphatic heterocycles. The van der Waals surface area contributed by atoms with Gasteiger partial charge in [0.1, 0.15) is 18.4 Å². The number of fused-ring (bicyclic) bond motifs is 1. The fourth-order valence-electron chi connectivity index (χ4n) is 2.19. The van der Waals surface area contributed by atoms with Gasteiger partial charge < -0.3 is 20.7 Å². The van der Waals surface area contributed by atoms with E-state index in [0.29, 0.717) is 0 Å². The monoisotopic (exact) mass is 350 g/mol. The predicted molar refractivity (Wildman–Crippen MR) is 86.2 cm³/mol. The van der Waals surface area contributed by atoms with E-state index in [1.54, 1.807) is 6.92 Å². The van der Waals surface area contributed by atoms with E-state index in [9.17, 15) is 24.5 Å². The van der Waals surface area contributed by atoms with Gasteiger partial charge in [0.05, 0.1) is 17.0 Å². The van der Waals surface area contributed by atoms with Crippen LogP contribution in [0.3, 0.4) is 0 Å². The minimum atomic E-state index is -0.707. The third-order valence-electron chi connectivity index (χ3n) is 3.49. The van der Waals surface area contributed by atoms with Crippen LogP contribution >= 0.6 is 0 Å². The maximum absolute atomic E-state index is 12.3. The lowest BCUT2D eigenvalue weighted by atomic mass is 10.1. The van der Waals surface area contributed by atoms with Crippen molar-refractivity contribution < 1.29 is 24.0 Å². The van der Waals surface area contributed by atoms with E-state index in [1.165, 1.54) is 12.1 Å². The van der Waals surface area contributed by atoms with Crippen molar-refractivity contribution in [2.45, 2.75) is 19.4 Å². The normalized spacial score (nSPS) is 19.4. The Morgan fingerprint density at radius 3 is 2.68 bits per heavy atom. The van der Waals surface area contributed by atoms with E-state index < -0.39 is 22.8 Å². The summed E-state index contributed by atoms with van der Waals surface area (Å²) in [6.07, 6.45) is -0.0333. The molecule has 10 heteroatoms. The maximum Gasteiger partial charge on any atom is 0.270 e. The molecule has 1 aromatic carbocycles. The summed E-state index contributed by atoms with van der Waals surface area (Å²) < 4.78 is 5.46. The van der Waals surface area contributed by atoms with Crippen molar-refractivity contribution >= 4 is 23.4 Å². The Labute approximate surface area is 143 Å². The molecule has 0 saturated heterocycles. The zero-order valence-corrected chi connectivity index (χ0v) is 13.5. The van der Waals surface area contributed by atoms with E-state index in [0.717, 1.165) is 6.07 Å². The number of carbonyl (C=O) groups is 3. The highest BCUT2D eigenvalue weighted by Crippen LogP contribution is 2.24. The summed E-state index contributed by atoms with van der Waals surface area (Å²) in [5, 5.41) is 18.5. The Bertz CT molecular complexity index is 705. The highest BCUT2D eigenvalue weighted by molar-refractivity contribution is 5.98. The van der Waals surface area contributed by atoms with Crippen molar-refractivity contribution in [3.8, 4) is 5.75 Å². The molecule has 25 heavy (non-hydrogen) atoms. The van der Waals surface area contributed by atoms with Gasteiger partial charge in [-0.2, -0.15) is 0 Å². The average Bonchev–Trinajstić information content (AvgIpc) is 2.57. The van der Waals surface area contributed by atoms with Crippen LogP contribution in [0.4, 0.5) is 5.69 Å². The second kappa shape index (κ2) is 8.08. The number of nitro groups is 1. The molecule has 0 unspecified atom stereocenters. The van der Waals surface area contributed by atoms with Gasteiger partial charge in [-0.05, 0) is 13.0 Å². The molecule has 0 bridgehead atoms. The van der Waals surface area contributed by atoms with Crippen LogP contribution in [0.5, 0.6) is 5.75 Å². The molecular formula is C15H18N4O6. The summed E-state index contributed by atoms with van der Waals surface area (Å²) in [6, 6.07) is 2.96. The fraction of sp³-hybridized carbons (Fsp3) is 0.400. The SMILES string of the molecule is C[C@@H]1NC(=O)CCNC(=O)c2cc([N+](=O)[O-])ccc2OCCNC1=O. The number of nitro benzene ring substituents is 1. The molecule has 1 heterocycles. The zero-order valence-electron chi connectivity index (χ0n) is 13.5. The lowest BCUT2D eigenvalue weighted by molar-refractivity contribution is -0.384. The van der Waals surface area contributed by atoms with E-state index in [4.69, 9.17) is 4.74 Å². The van der Waals surface area contributed by atoms with Crippen molar-refractivity contribution in [2.24, 2.45) is 0 Å². The molecule has 1 atom stereocenters. The van der Waals surface area contributed by atoms with Crippen molar-refractivity contribution in [1.29, 1.82) is 0 Å². The molecule has 0 spiro atoms. The second-order valence-electron chi connectivity index (χ2n) is 5.37. The van der Waals surface area contributed by atoms with Crippen LogP contribution in [-0.2, 0) is 9.59 Å². The van der Waals surface area contributed by atoms with Crippen LogP contribution in [0, 0.1) is 10.1 Å². The number of rotatable bonds is 1.